The summed E-state index contributed by atoms with van der Waals surface area (Å²) in [4.78, 5) is 72.7. The van der Waals surface area contributed by atoms with Crippen molar-refractivity contribution in [1.29, 1.82) is 0 Å². The SMILES string of the molecule is C1=CCC(c2cccnc2)NC1.CN1C(=O)CC[C@H]1c1cccnc1.CN1CC=CCC1c1cccnc1.CN1CCCCC1c1cccnc1.CN1CCC[C@H]1c1cccnc1.CNCCC=Cc1cccnc1.C[N+]1(O)CCC[C@H]1c1ccccc1.Cn1cccc1-c1cccnc1.c1cncc(-c2ccc[nH]2)c1.c1cncc(C2=NCCC2)c1.c1cncc(C2CCCCN2)c1.c1cncc(C2CCCN2)c1. The summed E-state index contributed by atoms with van der Waals surface area (Å²) in [6.45, 7) is 9.65. The van der Waals surface area contributed by atoms with Crippen LogP contribution in [0.3, 0.4) is 0 Å². The third-order valence-electron chi connectivity index (χ3n) is 27.0. The fourth-order valence-electron chi connectivity index (χ4n) is 18.9. The van der Waals surface area contributed by atoms with Crippen molar-refractivity contribution < 1.29 is 14.6 Å². The molecule has 1 amide bonds. The van der Waals surface area contributed by atoms with Crippen molar-refractivity contribution >= 4 is 17.7 Å². The van der Waals surface area contributed by atoms with E-state index in [-0.39, 0.29) is 22.6 Å². The third-order valence-corrected chi connectivity index (χ3v) is 27.0. The fraction of sp³-hybridized carbons (Fsp3) is 0.358. The summed E-state index contributed by atoms with van der Waals surface area (Å²) in [5.41, 5.74) is 18.5. The van der Waals surface area contributed by atoms with Crippen LogP contribution in [0, 0.1) is 0 Å². The molecule has 25 nitrogen and oxygen atoms in total. The van der Waals surface area contributed by atoms with Crippen LogP contribution < -0.4 is 21.3 Å². The Bertz CT molecular complexity index is 5830. The Balaban J connectivity index is 0.000000141. The second-order valence-corrected chi connectivity index (χ2v) is 37.5. The standard InChI is InChI=1S/C11H16N2.C11H14N2.C11H16NO.C10H12N2O.C10H14N2.C10H10N2.C10H14N2.C10H12N2.C10H14N2.C9H12N2.C9H10N2.C9H8N2/c2*1-13-8-3-2-6-11(13)10-5-4-7-12-9-10;1-12(13)9-5-8-11(12)10-6-3-2-4-7-10;1-12-9(4-5-10(12)13)8-3-2-6-11-7-8;2*1-12-7-3-5-10(12)9-4-2-6-11-8-9;2*1-2-7-12-10(5-1)9-4-3-6-11-8-9;1-11-7-3-2-5-10-6-4-8-12-9-10;3*1-3-8(7-10-5-1)9-4-2-6-11-9/h4-5,7,9,11H,2-3,6,8H2,1H3;2-5,7,9,11H,6,8H2,1H3;2-4,6-7,11,13H,5,8-9H2,1H3;2-3,6-7,9H,4-5H2,1H3;2,4,6,8,10H,3,5,7H2,1H3;2-8H,1H3;3-4,6,8,10,12H,1-2,5,7H2;1-4,6,8,10,12H,5,7H2;2,4-6,8-9,11H,3,7H2,1H3;1,3,5,7,9,11H,2,4,6H2;1,3,5,7H,2,4,6H2;1-7,11H/q;;+1;;;;;;;;;/t;;11-,12?;9-;10-;;;;;;;/m..000......./s1. The molecular formula is C120H152N23O2+. The van der Waals surface area contributed by atoms with Gasteiger partial charge in [-0.15, -0.1) is 0 Å². The molecule has 0 bridgehead atoms. The van der Waals surface area contributed by atoms with Crippen LogP contribution in [0.25, 0.3) is 28.6 Å². The van der Waals surface area contributed by atoms with Gasteiger partial charge >= 0.3 is 0 Å². The van der Waals surface area contributed by atoms with Crippen molar-refractivity contribution in [2.75, 3.05) is 101 Å². The molecular weight excluding hydrogens is 1800 g/mol. The van der Waals surface area contributed by atoms with Crippen molar-refractivity contribution in [2.24, 2.45) is 12.0 Å². The summed E-state index contributed by atoms with van der Waals surface area (Å²) in [5, 5.41) is 23.5. The van der Waals surface area contributed by atoms with Crippen LogP contribution in [0.2, 0.25) is 0 Å². The summed E-state index contributed by atoms with van der Waals surface area (Å²) in [5.74, 6) is 0.230. The van der Waals surface area contributed by atoms with Gasteiger partial charge in [0.05, 0.1) is 13.1 Å². The lowest BCUT2D eigenvalue weighted by molar-refractivity contribution is -1.10. The molecule has 145 heavy (non-hydrogen) atoms. The minimum atomic E-state index is 0.157. The van der Waals surface area contributed by atoms with Gasteiger partial charge in [0.25, 0.3) is 0 Å². The van der Waals surface area contributed by atoms with Crippen molar-refractivity contribution in [3.8, 4) is 22.5 Å². The molecule has 6 unspecified atom stereocenters. The lowest BCUT2D eigenvalue weighted by atomic mass is 9.97. The van der Waals surface area contributed by atoms with Crippen LogP contribution in [-0.4, -0.2) is 207 Å². The van der Waals surface area contributed by atoms with Crippen LogP contribution >= 0.6 is 0 Å². The van der Waals surface area contributed by atoms with Gasteiger partial charge in [-0.3, -0.25) is 79.3 Å². The third kappa shape index (κ3) is 38.2. The number of carbonyl (C=O) groups is 1. The molecule has 22 heterocycles. The first-order valence-electron chi connectivity index (χ1n) is 51.8. The number of hydrogen-bond acceptors (Lipinski definition) is 21. The number of nitrogens with zero attached hydrogens (tertiary/aromatic N) is 18. The van der Waals surface area contributed by atoms with E-state index in [0.717, 1.165) is 119 Å². The van der Waals surface area contributed by atoms with E-state index in [1.165, 1.54) is 140 Å². The van der Waals surface area contributed by atoms with Gasteiger partial charge in [0, 0.05) is 277 Å². The van der Waals surface area contributed by atoms with Gasteiger partial charge in [-0.2, -0.15) is 4.65 Å². The smallest absolute Gasteiger partial charge is 0.222 e. The lowest BCUT2D eigenvalue weighted by Gasteiger charge is -2.32. The first-order chi connectivity index (χ1) is 71.3. The predicted octanol–water partition coefficient (Wildman–Crippen LogP) is 22.4. The van der Waals surface area contributed by atoms with Gasteiger partial charge in [0.15, 0.2) is 0 Å². The quantitative estimate of drug-likeness (QED) is 0.0316. The molecule has 14 aromatic rings. The number of hydroxylamine groups is 3. The number of aromatic amines is 1. The maximum atomic E-state index is 11.3. The van der Waals surface area contributed by atoms with Gasteiger partial charge < -0.3 is 35.7 Å². The molecule has 0 saturated carbocycles. The molecule has 9 aliphatic rings. The van der Waals surface area contributed by atoms with Gasteiger partial charge in [-0.1, -0.05) is 134 Å². The van der Waals surface area contributed by atoms with Crippen molar-refractivity contribution in [3.63, 3.8) is 0 Å². The minimum Gasteiger partial charge on any atom is -0.361 e. The van der Waals surface area contributed by atoms with Crippen LogP contribution in [0.1, 0.15) is 226 Å². The molecule has 9 aliphatic heterocycles. The number of aryl methyl sites for hydroxylation is 1. The first kappa shape index (κ1) is 110. The zero-order valence-corrected chi connectivity index (χ0v) is 86.0. The summed E-state index contributed by atoms with van der Waals surface area (Å²) in [6, 6.07) is 67.0. The number of benzene rings is 1. The van der Waals surface area contributed by atoms with Gasteiger partial charge in [0.2, 0.25) is 5.91 Å². The van der Waals surface area contributed by atoms with Crippen LogP contribution in [0.15, 0.2) is 372 Å². The van der Waals surface area contributed by atoms with Crippen LogP contribution in [-0.2, 0) is 11.8 Å². The zero-order chi connectivity index (χ0) is 101. The number of piperidine rings is 2. The number of carbonyl (C=O) groups excluding carboxylic acids is 1. The Morgan fingerprint density at radius 3 is 1.34 bits per heavy atom. The number of aromatic nitrogens is 13. The number of likely N-dealkylation sites (tertiary alicyclic amines) is 4. The highest BCUT2D eigenvalue weighted by Gasteiger charge is 2.38. The highest BCUT2D eigenvalue weighted by atomic mass is 16.5. The summed E-state index contributed by atoms with van der Waals surface area (Å²) >= 11 is 0. The zero-order valence-electron chi connectivity index (χ0n) is 86.0. The van der Waals surface area contributed by atoms with E-state index < -0.39 is 0 Å². The number of pyridine rings is 11. The van der Waals surface area contributed by atoms with Gasteiger partial charge in [-0.05, 0) is 298 Å². The molecule has 758 valence electrons. The number of rotatable bonds is 15. The van der Waals surface area contributed by atoms with E-state index in [9.17, 15) is 10.0 Å². The largest absolute Gasteiger partial charge is 0.361 e. The number of hydrogen-bond donors (Lipinski definition) is 6. The number of quaternary nitrogens is 1. The number of nitrogens with one attached hydrogen (secondary N) is 5. The van der Waals surface area contributed by atoms with Crippen molar-refractivity contribution in [2.45, 2.75) is 170 Å². The maximum absolute atomic E-state index is 11.3. The number of aliphatic imine (C=N–C) groups is 1. The summed E-state index contributed by atoms with van der Waals surface area (Å²) in [7, 11) is 14.3. The molecule has 0 spiro atoms. The topological polar surface area (TPSA) is 273 Å². The Kier molecular flexibility index (Phi) is 48.3. The number of amides is 1. The monoisotopic (exact) mass is 1950 g/mol. The second-order valence-electron chi connectivity index (χ2n) is 37.5. The van der Waals surface area contributed by atoms with Crippen LogP contribution in [0.5, 0.6) is 0 Å². The second kappa shape index (κ2) is 63.5. The van der Waals surface area contributed by atoms with E-state index in [1.807, 2.05) is 267 Å². The molecule has 13 aromatic heterocycles. The van der Waals surface area contributed by atoms with E-state index >= 15 is 0 Å². The molecule has 23 rings (SSSR count). The maximum Gasteiger partial charge on any atom is 0.222 e. The fourth-order valence-corrected chi connectivity index (χ4v) is 18.9. The highest BCUT2D eigenvalue weighted by Crippen LogP contribution is 2.37. The molecule has 0 aliphatic carbocycles. The predicted molar refractivity (Wildman–Crippen MR) is 587 cm³/mol. The lowest BCUT2D eigenvalue weighted by Crippen LogP contribution is -2.39. The van der Waals surface area contributed by atoms with E-state index in [4.69, 9.17) is 0 Å². The Morgan fingerprint density at radius 2 is 0.903 bits per heavy atom. The Morgan fingerprint density at radius 1 is 0.407 bits per heavy atom. The van der Waals surface area contributed by atoms with Crippen LogP contribution in [0.4, 0.5) is 0 Å². The molecule has 6 fully saturated rings. The number of H-pyrrole nitrogens is 1. The van der Waals surface area contributed by atoms with Crippen molar-refractivity contribution in [3.05, 3.63) is 423 Å². The van der Waals surface area contributed by atoms with Crippen molar-refractivity contribution in [1.82, 2.24) is 105 Å². The molecule has 1 aromatic carbocycles. The summed E-state index contributed by atoms with van der Waals surface area (Å²) in [6.07, 6.45) is 80.2. The van der Waals surface area contributed by atoms with E-state index in [2.05, 4.69) is 230 Å². The molecule has 6 saturated heterocycles. The van der Waals surface area contributed by atoms with E-state index in [0.29, 0.717) is 42.7 Å². The highest BCUT2D eigenvalue weighted by molar-refractivity contribution is 6.01. The number of likely N-dealkylation sites (N-methyl/N-ethyl adjacent to an activating group) is 1. The average molecular weight is 1950 g/mol. The Labute approximate surface area is 861 Å². The molecule has 25 heteroatoms. The van der Waals surface area contributed by atoms with Gasteiger partial charge in [0.1, 0.15) is 12.6 Å². The van der Waals surface area contributed by atoms with Gasteiger partial charge in [-0.25, -0.2) is 5.21 Å². The summed E-state index contributed by atoms with van der Waals surface area (Å²) < 4.78 is 2.24. The van der Waals surface area contributed by atoms with E-state index in [1.54, 1.807) is 35.9 Å². The minimum absolute atomic E-state index is 0.157. The molecule has 6 N–H and O–H groups in total. The first-order valence-corrected chi connectivity index (χ1v) is 51.8. The molecule has 9 atom stereocenters. The molecule has 0 radical (unpaired) electrons. The average Bonchev–Trinajstić information content (AvgIpc) is 1.68. The normalized spacial score (nSPS) is 20.7. The Hall–Kier alpha value is -13.6.